The van der Waals surface area contributed by atoms with Crippen LogP contribution in [-0.2, 0) is 9.59 Å². The molecule has 1 N–H and O–H groups in total. The molecule has 0 radical (unpaired) electrons. The van der Waals surface area contributed by atoms with Crippen molar-refractivity contribution in [3.63, 3.8) is 0 Å². The zero-order valence-corrected chi connectivity index (χ0v) is 16.7. The topological polar surface area (TPSA) is 97.2 Å². The van der Waals surface area contributed by atoms with E-state index in [0.29, 0.717) is 11.3 Å². The Morgan fingerprint density at radius 1 is 1.00 bits per heavy atom. The van der Waals surface area contributed by atoms with Gasteiger partial charge in [0.1, 0.15) is 11.4 Å². The van der Waals surface area contributed by atoms with Gasteiger partial charge in [0.15, 0.2) is 0 Å². The maximum absolute atomic E-state index is 13.0. The van der Waals surface area contributed by atoms with E-state index in [4.69, 9.17) is 0 Å². The van der Waals surface area contributed by atoms with Crippen LogP contribution in [0.1, 0.15) is 22.5 Å². The molecule has 150 valence electrons. The summed E-state index contributed by atoms with van der Waals surface area (Å²) in [5.41, 5.74) is 3.68. The summed E-state index contributed by atoms with van der Waals surface area (Å²) in [5, 5.41) is 2.23. The Kier molecular flexibility index (Phi) is 4.75. The lowest BCUT2D eigenvalue weighted by molar-refractivity contribution is -0.122. The summed E-state index contributed by atoms with van der Waals surface area (Å²) in [7, 11) is 0. The van der Waals surface area contributed by atoms with Crippen molar-refractivity contribution >= 4 is 29.6 Å². The first kappa shape index (κ1) is 19.3. The molecular weight excluding hydrogens is 382 g/mol. The fraction of sp³-hybridized carbons (Fsp3) is 0.136. The van der Waals surface area contributed by atoms with Gasteiger partial charge >= 0.3 is 6.03 Å². The maximum atomic E-state index is 13.0. The lowest BCUT2D eigenvalue weighted by Crippen LogP contribution is -2.54. The smallest absolute Gasteiger partial charge is 0.303 e. The molecule has 0 spiro atoms. The number of urea groups is 1. The monoisotopic (exact) mass is 401 g/mol. The van der Waals surface area contributed by atoms with Crippen molar-refractivity contribution in [3.8, 4) is 5.82 Å². The van der Waals surface area contributed by atoms with Crippen molar-refractivity contribution in [2.45, 2.75) is 20.8 Å². The number of aryl methyl sites for hydroxylation is 2. The average molecular weight is 401 g/mol. The number of anilines is 1. The van der Waals surface area contributed by atoms with Crippen LogP contribution in [-0.4, -0.2) is 32.4 Å². The fourth-order valence-corrected chi connectivity index (χ4v) is 3.42. The van der Waals surface area contributed by atoms with Crippen LogP contribution in [0.2, 0.25) is 0 Å². The number of aromatic nitrogens is 3. The molecule has 0 unspecified atom stereocenters. The predicted molar refractivity (Wildman–Crippen MR) is 111 cm³/mol. The van der Waals surface area contributed by atoms with Crippen molar-refractivity contribution in [3.05, 3.63) is 77.0 Å². The number of imide groups is 2. The van der Waals surface area contributed by atoms with Gasteiger partial charge < -0.3 is 4.57 Å². The number of hydrogen-bond donors (Lipinski definition) is 1. The second-order valence-electron chi connectivity index (χ2n) is 7.02. The highest BCUT2D eigenvalue weighted by Gasteiger charge is 2.37. The number of nitrogens with one attached hydrogen (secondary N) is 1. The molecule has 3 aromatic heterocycles. The molecule has 1 aliphatic rings. The van der Waals surface area contributed by atoms with Gasteiger partial charge in [-0.2, -0.15) is 0 Å². The van der Waals surface area contributed by atoms with Crippen LogP contribution in [0.25, 0.3) is 11.9 Å². The summed E-state index contributed by atoms with van der Waals surface area (Å²) < 4.78 is 1.95. The van der Waals surface area contributed by atoms with E-state index >= 15 is 0 Å². The molecule has 8 heteroatoms. The van der Waals surface area contributed by atoms with Gasteiger partial charge in [-0.25, -0.2) is 14.7 Å². The molecule has 8 nitrogen and oxygen atoms in total. The molecule has 0 bridgehead atoms. The van der Waals surface area contributed by atoms with Gasteiger partial charge in [-0.3, -0.25) is 19.9 Å². The highest BCUT2D eigenvalue weighted by Crippen LogP contribution is 2.25. The molecule has 0 atom stereocenters. The van der Waals surface area contributed by atoms with Gasteiger partial charge in [0.05, 0.1) is 5.69 Å². The third kappa shape index (κ3) is 3.28. The molecule has 1 fully saturated rings. The number of carbonyl (C=O) groups excluding carboxylic acids is 3. The summed E-state index contributed by atoms with van der Waals surface area (Å²) in [6.07, 6.45) is 6.23. The Morgan fingerprint density at radius 2 is 1.73 bits per heavy atom. The second kappa shape index (κ2) is 7.40. The lowest BCUT2D eigenvalue weighted by Gasteiger charge is -2.26. The normalized spacial score (nSPS) is 15.6. The summed E-state index contributed by atoms with van der Waals surface area (Å²) >= 11 is 0. The van der Waals surface area contributed by atoms with Gasteiger partial charge in [-0.05, 0) is 62.2 Å². The quantitative estimate of drug-likeness (QED) is 0.538. The van der Waals surface area contributed by atoms with E-state index in [0.717, 1.165) is 27.7 Å². The SMILES string of the molecule is Cc1ccc(-n2c(C)cc(/C=C3\C(=O)NC(=O)N(c4ccncc4)C3=O)c2C)nc1. The van der Waals surface area contributed by atoms with Crippen LogP contribution in [0.4, 0.5) is 10.5 Å². The van der Waals surface area contributed by atoms with Crippen LogP contribution in [0, 0.1) is 20.8 Å². The van der Waals surface area contributed by atoms with E-state index in [2.05, 4.69) is 15.3 Å². The first-order valence-corrected chi connectivity index (χ1v) is 9.30. The largest absolute Gasteiger partial charge is 0.335 e. The van der Waals surface area contributed by atoms with E-state index in [1.165, 1.54) is 30.6 Å². The number of barbiturate groups is 1. The van der Waals surface area contributed by atoms with Crippen molar-refractivity contribution in [2.75, 3.05) is 4.90 Å². The number of hydrogen-bond acceptors (Lipinski definition) is 5. The van der Waals surface area contributed by atoms with E-state index in [9.17, 15) is 14.4 Å². The fourth-order valence-electron chi connectivity index (χ4n) is 3.42. The molecule has 0 aliphatic carbocycles. The van der Waals surface area contributed by atoms with Gasteiger partial charge in [0, 0.05) is 30.0 Å². The summed E-state index contributed by atoms with van der Waals surface area (Å²) in [6.45, 7) is 5.77. The zero-order valence-electron chi connectivity index (χ0n) is 16.7. The van der Waals surface area contributed by atoms with Crippen molar-refractivity contribution in [1.82, 2.24) is 19.9 Å². The molecule has 1 aliphatic heterocycles. The minimum absolute atomic E-state index is 0.122. The molecule has 30 heavy (non-hydrogen) atoms. The zero-order chi connectivity index (χ0) is 21.4. The molecule has 0 saturated carbocycles. The van der Waals surface area contributed by atoms with Crippen molar-refractivity contribution in [1.29, 1.82) is 0 Å². The minimum atomic E-state index is -0.789. The maximum Gasteiger partial charge on any atom is 0.335 e. The van der Waals surface area contributed by atoms with E-state index in [1.807, 2.05) is 43.5 Å². The summed E-state index contributed by atoms with van der Waals surface area (Å²) in [5.74, 6) is -0.671. The van der Waals surface area contributed by atoms with Gasteiger partial charge in [0.2, 0.25) is 0 Å². The molecule has 4 heterocycles. The third-order valence-electron chi connectivity index (χ3n) is 4.92. The first-order chi connectivity index (χ1) is 14.4. The lowest BCUT2D eigenvalue weighted by atomic mass is 10.1. The Hall–Kier alpha value is -4.07. The molecular formula is C22H19N5O3. The highest BCUT2D eigenvalue weighted by atomic mass is 16.2. The standard InChI is InChI=1S/C22H19N5O3/c1-13-4-5-19(24-12-13)26-14(2)10-16(15(26)3)11-18-20(28)25-22(30)27(21(18)29)17-6-8-23-9-7-17/h4-12H,1-3H3,(H,25,28,30)/b18-11+. The second-order valence-corrected chi connectivity index (χ2v) is 7.02. The van der Waals surface area contributed by atoms with E-state index < -0.39 is 17.8 Å². The summed E-state index contributed by atoms with van der Waals surface area (Å²) in [4.78, 5) is 47.0. The van der Waals surface area contributed by atoms with Crippen LogP contribution in [0.15, 0.2) is 54.5 Å². The molecule has 4 amide bonds. The van der Waals surface area contributed by atoms with Gasteiger partial charge in [0.25, 0.3) is 11.8 Å². The Bertz CT molecular complexity index is 1190. The molecule has 3 aromatic rings. The predicted octanol–water partition coefficient (Wildman–Crippen LogP) is 2.86. The Morgan fingerprint density at radius 3 is 2.40 bits per heavy atom. The Balaban J connectivity index is 1.76. The molecule has 4 rings (SSSR count). The third-order valence-corrected chi connectivity index (χ3v) is 4.92. The van der Waals surface area contributed by atoms with Gasteiger partial charge in [-0.15, -0.1) is 0 Å². The summed E-state index contributed by atoms with van der Waals surface area (Å²) in [6, 6.07) is 8.02. The van der Waals surface area contributed by atoms with Crippen LogP contribution >= 0.6 is 0 Å². The number of rotatable bonds is 3. The molecule has 1 saturated heterocycles. The Labute approximate surface area is 172 Å². The highest BCUT2D eigenvalue weighted by molar-refractivity contribution is 6.39. The molecule has 0 aromatic carbocycles. The van der Waals surface area contributed by atoms with Crippen LogP contribution in [0.3, 0.4) is 0 Å². The van der Waals surface area contributed by atoms with E-state index in [1.54, 1.807) is 6.20 Å². The van der Waals surface area contributed by atoms with E-state index in [-0.39, 0.29) is 5.57 Å². The first-order valence-electron chi connectivity index (χ1n) is 9.30. The average Bonchev–Trinajstić information content (AvgIpc) is 3.00. The van der Waals surface area contributed by atoms with Crippen molar-refractivity contribution in [2.24, 2.45) is 0 Å². The minimum Gasteiger partial charge on any atom is -0.303 e. The van der Waals surface area contributed by atoms with Gasteiger partial charge in [-0.1, -0.05) is 6.07 Å². The number of pyridine rings is 2. The number of carbonyl (C=O) groups is 3. The number of nitrogens with zero attached hydrogens (tertiary/aromatic N) is 4. The van der Waals surface area contributed by atoms with Crippen LogP contribution in [0.5, 0.6) is 0 Å². The number of amides is 4. The van der Waals surface area contributed by atoms with Crippen molar-refractivity contribution < 1.29 is 14.4 Å². The van der Waals surface area contributed by atoms with Crippen LogP contribution < -0.4 is 10.2 Å².